The Labute approximate surface area is 150 Å². The molecule has 2 heterocycles. The Morgan fingerprint density at radius 1 is 1.15 bits per heavy atom. The highest BCUT2D eigenvalue weighted by molar-refractivity contribution is 7.92. The molecule has 0 atom stereocenters. The van der Waals surface area contributed by atoms with E-state index < -0.39 is 15.9 Å². The van der Waals surface area contributed by atoms with Crippen LogP contribution in [0.3, 0.4) is 0 Å². The summed E-state index contributed by atoms with van der Waals surface area (Å²) in [6.45, 7) is 2.41. The third-order valence-electron chi connectivity index (χ3n) is 3.32. The summed E-state index contributed by atoms with van der Waals surface area (Å²) in [6, 6.07) is 7.31. The number of nitrogens with zero attached hydrogens (tertiary/aromatic N) is 2. The van der Waals surface area contributed by atoms with Crippen molar-refractivity contribution in [3.63, 3.8) is 0 Å². The molecule has 0 spiro atoms. The lowest BCUT2D eigenvalue weighted by atomic mass is 10.3. The third-order valence-corrected chi connectivity index (χ3v) is 4.66. The second kappa shape index (κ2) is 7.40. The lowest BCUT2D eigenvalue weighted by Gasteiger charge is -2.15. The summed E-state index contributed by atoms with van der Waals surface area (Å²) >= 11 is 0. The Balaban J connectivity index is 1.70. The van der Waals surface area contributed by atoms with E-state index in [0.29, 0.717) is 24.6 Å². The normalized spacial score (nSPS) is 13.8. The van der Waals surface area contributed by atoms with Gasteiger partial charge in [0.15, 0.2) is 0 Å². The minimum absolute atomic E-state index is 0.0104. The second-order valence-electron chi connectivity index (χ2n) is 5.31. The van der Waals surface area contributed by atoms with Gasteiger partial charge in [-0.3, -0.25) is 4.79 Å². The first-order valence-electron chi connectivity index (χ1n) is 7.62. The molecule has 3 rings (SSSR count). The summed E-state index contributed by atoms with van der Waals surface area (Å²) < 4.78 is 37.2. The third kappa shape index (κ3) is 4.28. The maximum atomic E-state index is 12.4. The van der Waals surface area contributed by atoms with Crippen molar-refractivity contribution in [2.45, 2.75) is 11.8 Å². The van der Waals surface area contributed by atoms with Crippen LogP contribution in [0.4, 0.5) is 11.6 Å². The standard InChI is InChI=1S/C16H16N4O5S/c1-11-6-7-17-16(18-11)20-26(22,23)13-4-2-12(3-5-13)19-15(21)14-10-24-8-9-25-14/h2-7,10H,8-9H2,1H3,(H,19,21)(H,17,18,20). The van der Waals surface area contributed by atoms with Gasteiger partial charge < -0.3 is 14.8 Å². The van der Waals surface area contributed by atoms with Crippen LogP contribution in [0.5, 0.6) is 0 Å². The van der Waals surface area contributed by atoms with Crippen LogP contribution < -0.4 is 10.0 Å². The minimum atomic E-state index is -3.84. The molecule has 2 aromatic rings. The molecule has 1 amide bonds. The fraction of sp³-hybridized carbons (Fsp3) is 0.188. The van der Waals surface area contributed by atoms with E-state index in [1.807, 2.05) is 0 Å². The molecular formula is C16H16N4O5S. The quantitative estimate of drug-likeness (QED) is 0.809. The Kier molecular flexibility index (Phi) is 5.03. The maximum absolute atomic E-state index is 12.4. The van der Waals surface area contributed by atoms with Crippen LogP contribution in [0.15, 0.2) is 53.4 Å². The first-order valence-corrected chi connectivity index (χ1v) is 9.11. The van der Waals surface area contributed by atoms with Crippen LogP contribution in [0, 0.1) is 6.92 Å². The molecule has 1 aliphatic rings. The predicted octanol–water partition coefficient (Wildman–Crippen LogP) is 1.41. The van der Waals surface area contributed by atoms with E-state index in [1.54, 1.807) is 13.0 Å². The van der Waals surface area contributed by atoms with E-state index in [9.17, 15) is 13.2 Å². The number of ether oxygens (including phenoxy) is 2. The SMILES string of the molecule is Cc1ccnc(NS(=O)(=O)c2ccc(NC(=O)C3=COCCO3)cc2)n1. The van der Waals surface area contributed by atoms with Gasteiger partial charge in [-0.2, -0.15) is 0 Å². The van der Waals surface area contributed by atoms with Gasteiger partial charge in [-0.1, -0.05) is 0 Å². The molecule has 1 aliphatic heterocycles. The van der Waals surface area contributed by atoms with E-state index in [1.165, 1.54) is 36.7 Å². The Bertz CT molecular complexity index is 941. The smallest absolute Gasteiger partial charge is 0.294 e. The number of rotatable bonds is 5. The van der Waals surface area contributed by atoms with E-state index in [2.05, 4.69) is 20.0 Å². The first kappa shape index (κ1) is 17.7. The van der Waals surface area contributed by atoms with Crippen LogP contribution in [0.1, 0.15) is 5.69 Å². The number of hydrogen-bond donors (Lipinski definition) is 2. The number of carbonyl (C=O) groups is 1. The number of nitrogens with one attached hydrogen (secondary N) is 2. The Hall–Kier alpha value is -3.14. The van der Waals surface area contributed by atoms with Gasteiger partial charge in [0.05, 0.1) is 4.90 Å². The fourth-order valence-electron chi connectivity index (χ4n) is 2.07. The van der Waals surface area contributed by atoms with Gasteiger partial charge in [-0.25, -0.2) is 23.1 Å². The van der Waals surface area contributed by atoms with Crippen molar-refractivity contribution in [3.8, 4) is 0 Å². The summed E-state index contributed by atoms with van der Waals surface area (Å²) in [6.07, 6.45) is 2.70. The van der Waals surface area contributed by atoms with Crippen LogP contribution in [-0.2, 0) is 24.3 Å². The zero-order chi connectivity index (χ0) is 18.6. The Morgan fingerprint density at radius 3 is 2.58 bits per heavy atom. The number of hydrogen-bond acceptors (Lipinski definition) is 7. The molecule has 26 heavy (non-hydrogen) atoms. The molecule has 0 saturated carbocycles. The molecule has 10 heteroatoms. The molecule has 1 aromatic heterocycles. The number of anilines is 2. The summed E-state index contributed by atoms with van der Waals surface area (Å²) in [5, 5.41) is 2.60. The highest BCUT2D eigenvalue weighted by atomic mass is 32.2. The molecular weight excluding hydrogens is 360 g/mol. The van der Waals surface area contributed by atoms with Crippen molar-refractivity contribution in [1.82, 2.24) is 9.97 Å². The number of amides is 1. The van der Waals surface area contributed by atoms with E-state index in [4.69, 9.17) is 9.47 Å². The van der Waals surface area contributed by atoms with Crippen molar-refractivity contribution >= 4 is 27.6 Å². The summed E-state index contributed by atoms with van der Waals surface area (Å²) in [5.74, 6) is -0.429. The zero-order valence-corrected chi connectivity index (χ0v) is 14.6. The van der Waals surface area contributed by atoms with Crippen LogP contribution in [-0.4, -0.2) is 37.5 Å². The van der Waals surface area contributed by atoms with E-state index in [-0.39, 0.29) is 16.6 Å². The summed E-state index contributed by atoms with van der Waals surface area (Å²) in [4.78, 5) is 19.9. The van der Waals surface area contributed by atoms with Gasteiger partial charge >= 0.3 is 0 Å². The minimum Gasteiger partial charge on any atom is -0.494 e. The number of aromatic nitrogens is 2. The van der Waals surface area contributed by atoms with Crippen LogP contribution >= 0.6 is 0 Å². The monoisotopic (exact) mass is 376 g/mol. The van der Waals surface area contributed by atoms with Crippen molar-refractivity contribution < 1.29 is 22.7 Å². The average molecular weight is 376 g/mol. The van der Waals surface area contributed by atoms with Gasteiger partial charge in [0, 0.05) is 17.6 Å². The molecule has 0 unspecified atom stereocenters. The van der Waals surface area contributed by atoms with Gasteiger partial charge in [0.25, 0.3) is 15.9 Å². The van der Waals surface area contributed by atoms with Gasteiger partial charge in [-0.15, -0.1) is 0 Å². The Morgan fingerprint density at radius 2 is 1.92 bits per heavy atom. The number of carbonyl (C=O) groups excluding carboxylic acids is 1. The first-order chi connectivity index (χ1) is 12.4. The highest BCUT2D eigenvalue weighted by Crippen LogP contribution is 2.17. The molecule has 2 N–H and O–H groups in total. The number of sulfonamides is 1. The van der Waals surface area contributed by atoms with Crippen molar-refractivity contribution in [2.24, 2.45) is 0 Å². The molecule has 0 aliphatic carbocycles. The summed E-state index contributed by atoms with van der Waals surface area (Å²) in [5.41, 5.74) is 1.05. The van der Waals surface area contributed by atoms with Crippen molar-refractivity contribution in [3.05, 3.63) is 54.2 Å². The van der Waals surface area contributed by atoms with Gasteiger partial charge in [-0.05, 0) is 37.3 Å². The lowest BCUT2D eigenvalue weighted by molar-refractivity contribution is -0.117. The summed E-state index contributed by atoms with van der Waals surface area (Å²) in [7, 11) is -3.84. The molecule has 0 fully saturated rings. The topological polar surface area (TPSA) is 120 Å². The number of aryl methyl sites for hydroxylation is 1. The highest BCUT2D eigenvalue weighted by Gasteiger charge is 2.18. The fourth-order valence-corrected chi connectivity index (χ4v) is 3.03. The molecule has 0 radical (unpaired) electrons. The molecule has 0 bridgehead atoms. The lowest BCUT2D eigenvalue weighted by Crippen LogP contribution is -2.21. The average Bonchev–Trinajstić information content (AvgIpc) is 2.62. The van der Waals surface area contributed by atoms with Gasteiger partial charge in [0.2, 0.25) is 11.7 Å². The number of benzene rings is 1. The van der Waals surface area contributed by atoms with Crippen LogP contribution in [0.2, 0.25) is 0 Å². The van der Waals surface area contributed by atoms with E-state index >= 15 is 0 Å². The van der Waals surface area contributed by atoms with Crippen LogP contribution in [0.25, 0.3) is 0 Å². The largest absolute Gasteiger partial charge is 0.494 e. The molecule has 9 nitrogen and oxygen atoms in total. The molecule has 0 saturated heterocycles. The van der Waals surface area contributed by atoms with Crippen molar-refractivity contribution in [2.75, 3.05) is 23.3 Å². The second-order valence-corrected chi connectivity index (χ2v) is 6.99. The predicted molar refractivity (Wildman–Crippen MR) is 92.6 cm³/mol. The van der Waals surface area contributed by atoms with Gasteiger partial charge in [0.1, 0.15) is 19.5 Å². The maximum Gasteiger partial charge on any atom is 0.294 e. The zero-order valence-electron chi connectivity index (χ0n) is 13.8. The van der Waals surface area contributed by atoms with Crippen molar-refractivity contribution in [1.29, 1.82) is 0 Å². The molecule has 1 aromatic carbocycles. The molecule has 136 valence electrons. The van der Waals surface area contributed by atoms with E-state index in [0.717, 1.165) is 0 Å².